The zero-order valence-corrected chi connectivity index (χ0v) is 16.0. The molecular weight excluding hydrogens is 346 g/mol. The molecule has 1 fully saturated rings. The number of nitrogens with one attached hydrogen (secondary N) is 2. The second-order valence-electron chi connectivity index (χ2n) is 7.44. The first-order chi connectivity index (χ1) is 12.8. The van der Waals surface area contributed by atoms with Crippen LogP contribution in [-0.2, 0) is 16.1 Å². The summed E-state index contributed by atoms with van der Waals surface area (Å²) in [4.78, 5) is 37.5. The zero-order valence-electron chi connectivity index (χ0n) is 16.0. The SMILES string of the molecule is CC1CCC(NC(=O)CCNC(=O)N(C)Cc2ccccc2)(C(=O)O)CC1. The van der Waals surface area contributed by atoms with E-state index in [1.807, 2.05) is 30.3 Å². The largest absolute Gasteiger partial charge is 0.480 e. The molecule has 7 heteroatoms. The van der Waals surface area contributed by atoms with Crippen LogP contribution in [0.4, 0.5) is 4.79 Å². The lowest BCUT2D eigenvalue weighted by Crippen LogP contribution is -2.56. The van der Waals surface area contributed by atoms with Crippen molar-refractivity contribution in [2.45, 2.75) is 51.1 Å². The van der Waals surface area contributed by atoms with E-state index in [-0.39, 0.29) is 24.9 Å². The molecule has 1 saturated carbocycles. The van der Waals surface area contributed by atoms with Crippen molar-refractivity contribution in [1.82, 2.24) is 15.5 Å². The minimum absolute atomic E-state index is 0.0511. The Bertz CT molecular complexity index is 654. The van der Waals surface area contributed by atoms with Gasteiger partial charge < -0.3 is 20.6 Å². The molecule has 0 heterocycles. The van der Waals surface area contributed by atoms with Crippen molar-refractivity contribution in [3.8, 4) is 0 Å². The lowest BCUT2D eigenvalue weighted by atomic mass is 9.77. The molecule has 1 aliphatic rings. The van der Waals surface area contributed by atoms with Gasteiger partial charge in [0.15, 0.2) is 0 Å². The fourth-order valence-corrected chi connectivity index (χ4v) is 3.32. The number of aliphatic carboxylic acids is 1. The van der Waals surface area contributed by atoms with Crippen molar-refractivity contribution in [1.29, 1.82) is 0 Å². The van der Waals surface area contributed by atoms with Crippen LogP contribution >= 0.6 is 0 Å². The smallest absolute Gasteiger partial charge is 0.329 e. The first-order valence-electron chi connectivity index (χ1n) is 9.40. The highest BCUT2D eigenvalue weighted by Crippen LogP contribution is 2.32. The molecule has 1 aromatic rings. The maximum atomic E-state index is 12.2. The third-order valence-electron chi connectivity index (χ3n) is 5.15. The van der Waals surface area contributed by atoms with E-state index >= 15 is 0 Å². The Morgan fingerprint density at radius 1 is 1.19 bits per heavy atom. The maximum absolute atomic E-state index is 12.2. The molecule has 0 aromatic heterocycles. The van der Waals surface area contributed by atoms with Gasteiger partial charge in [-0.15, -0.1) is 0 Å². The number of hydrogen-bond donors (Lipinski definition) is 3. The predicted molar refractivity (Wildman–Crippen MR) is 102 cm³/mol. The van der Waals surface area contributed by atoms with Crippen molar-refractivity contribution in [3.63, 3.8) is 0 Å². The summed E-state index contributed by atoms with van der Waals surface area (Å²) in [5.74, 6) is -0.846. The Kier molecular flexibility index (Phi) is 7.21. The molecule has 7 nitrogen and oxygen atoms in total. The number of carbonyl (C=O) groups is 3. The van der Waals surface area contributed by atoms with Crippen LogP contribution in [0.3, 0.4) is 0 Å². The van der Waals surface area contributed by atoms with Gasteiger partial charge in [0.25, 0.3) is 0 Å². The molecule has 27 heavy (non-hydrogen) atoms. The van der Waals surface area contributed by atoms with Gasteiger partial charge in [-0.3, -0.25) is 4.79 Å². The number of hydrogen-bond acceptors (Lipinski definition) is 3. The van der Waals surface area contributed by atoms with Gasteiger partial charge in [-0.05, 0) is 37.2 Å². The van der Waals surface area contributed by atoms with Crippen molar-refractivity contribution in [2.24, 2.45) is 5.92 Å². The lowest BCUT2D eigenvalue weighted by molar-refractivity contribution is -0.149. The standard InChI is InChI=1S/C20H29N3O4/c1-15-8-11-20(12-9-15,18(25)26)22-17(24)10-13-21-19(27)23(2)14-16-6-4-3-5-7-16/h3-7,15H,8-14H2,1-2H3,(H,21,27)(H,22,24)(H,25,26). The minimum atomic E-state index is -1.17. The Morgan fingerprint density at radius 2 is 1.81 bits per heavy atom. The van der Waals surface area contributed by atoms with Crippen molar-refractivity contribution >= 4 is 17.9 Å². The molecule has 0 saturated heterocycles. The highest BCUT2D eigenvalue weighted by molar-refractivity contribution is 5.87. The zero-order chi connectivity index (χ0) is 19.9. The van der Waals surface area contributed by atoms with Crippen LogP contribution < -0.4 is 10.6 Å². The first-order valence-corrected chi connectivity index (χ1v) is 9.40. The predicted octanol–water partition coefficient (Wildman–Crippen LogP) is 2.37. The van der Waals surface area contributed by atoms with Gasteiger partial charge in [-0.2, -0.15) is 0 Å². The van der Waals surface area contributed by atoms with E-state index in [1.54, 1.807) is 7.05 Å². The second kappa shape index (κ2) is 9.39. The second-order valence-corrected chi connectivity index (χ2v) is 7.44. The van der Waals surface area contributed by atoms with Crippen LogP contribution in [0.5, 0.6) is 0 Å². The van der Waals surface area contributed by atoms with E-state index in [2.05, 4.69) is 17.6 Å². The summed E-state index contributed by atoms with van der Waals surface area (Å²) < 4.78 is 0. The van der Waals surface area contributed by atoms with Crippen LogP contribution in [0.15, 0.2) is 30.3 Å². The third kappa shape index (κ3) is 5.98. The number of nitrogens with zero attached hydrogens (tertiary/aromatic N) is 1. The number of carbonyl (C=O) groups excluding carboxylic acids is 2. The highest BCUT2D eigenvalue weighted by atomic mass is 16.4. The average molecular weight is 375 g/mol. The number of amides is 3. The maximum Gasteiger partial charge on any atom is 0.329 e. The normalized spacial score (nSPS) is 21.9. The van der Waals surface area contributed by atoms with Crippen molar-refractivity contribution < 1.29 is 19.5 Å². The van der Waals surface area contributed by atoms with E-state index in [9.17, 15) is 19.5 Å². The van der Waals surface area contributed by atoms with Crippen LogP contribution in [0.25, 0.3) is 0 Å². The molecule has 148 valence electrons. The van der Waals surface area contributed by atoms with Crippen LogP contribution in [0.2, 0.25) is 0 Å². The molecule has 1 aliphatic carbocycles. The fourth-order valence-electron chi connectivity index (χ4n) is 3.32. The summed E-state index contributed by atoms with van der Waals surface area (Å²) in [5.41, 5.74) is -0.152. The molecule has 0 bridgehead atoms. The van der Waals surface area contributed by atoms with Gasteiger partial charge in [-0.1, -0.05) is 37.3 Å². The number of urea groups is 1. The van der Waals surface area contributed by atoms with Crippen LogP contribution in [0, 0.1) is 5.92 Å². The summed E-state index contributed by atoms with van der Waals surface area (Å²) in [6.45, 7) is 2.73. The molecule has 0 aliphatic heterocycles. The number of carboxylic acid groups (broad SMARTS) is 1. The van der Waals surface area contributed by atoms with E-state index < -0.39 is 11.5 Å². The first kappa shape index (κ1) is 20.7. The Hall–Kier alpha value is -2.57. The fraction of sp³-hybridized carbons (Fsp3) is 0.550. The molecule has 3 N–H and O–H groups in total. The number of benzene rings is 1. The summed E-state index contributed by atoms with van der Waals surface area (Å²) in [6.07, 6.45) is 2.51. The van der Waals surface area contributed by atoms with Gasteiger partial charge in [0.2, 0.25) is 5.91 Å². The molecule has 2 rings (SSSR count). The lowest BCUT2D eigenvalue weighted by Gasteiger charge is -2.36. The van der Waals surface area contributed by atoms with E-state index in [0.29, 0.717) is 25.3 Å². The molecule has 0 atom stereocenters. The third-order valence-corrected chi connectivity index (χ3v) is 5.15. The molecule has 0 unspecified atom stereocenters. The van der Waals surface area contributed by atoms with Crippen LogP contribution in [-0.4, -0.2) is 47.0 Å². The molecule has 0 spiro atoms. The Balaban J connectivity index is 1.76. The van der Waals surface area contributed by atoms with Crippen LogP contribution in [0.1, 0.15) is 44.6 Å². The van der Waals surface area contributed by atoms with Crippen molar-refractivity contribution in [2.75, 3.05) is 13.6 Å². The minimum Gasteiger partial charge on any atom is -0.480 e. The molecule has 3 amide bonds. The number of carboxylic acids is 1. The van der Waals surface area contributed by atoms with E-state index in [0.717, 1.165) is 18.4 Å². The Morgan fingerprint density at radius 3 is 2.41 bits per heavy atom. The summed E-state index contributed by atoms with van der Waals surface area (Å²) >= 11 is 0. The van der Waals surface area contributed by atoms with E-state index in [4.69, 9.17) is 0 Å². The van der Waals surface area contributed by atoms with Crippen molar-refractivity contribution in [3.05, 3.63) is 35.9 Å². The van der Waals surface area contributed by atoms with Gasteiger partial charge in [0.1, 0.15) is 5.54 Å². The summed E-state index contributed by atoms with van der Waals surface area (Å²) in [6, 6.07) is 9.34. The van der Waals surface area contributed by atoms with Gasteiger partial charge >= 0.3 is 12.0 Å². The van der Waals surface area contributed by atoms with Gasteiger partial charge in [-0.25, -0.2) is 9.59 Å². The average Bonchev–Trinajstić information content (AvgIpc) is 2.64. The summed E-state index contributed by atoms with van der Waals surface area (Å²) in [7, 11) is 1.69. The molecule has 1 aromatic carbocycles. The number of rotatable bonds is 7. The molecule has 0 radical (unpaired) electrons. The quantitative estimate of drug-likeness (QED) is 0.681. The van der Waals surface area contributed by atoms with Gasteiger partial charge in [0.05, 0.1) is 0 Å². The van der Waals surface area contributed by atoms with Gasteiger partial charge in [0, 0.05) is 26.6 Å². The summed E-state index contributed by atoms with van der Waals surface area (Å²) in [5, 5.41) is 14.9. The van der Waals surface area contributed by atoms with E-state index in [1.165, 1.54) is 4.90 Å². The monoisotopic (exact) mass is 375 g/mol. The highest BCUT2D eigenvalue weighted by Gasteiger charge is 2.42. The molecular formula is C20H29N3O4. The Labute approximate surface area is 160 Å². The topological polar surface area (TPSA) is 98.7 Å².